The van der Waals surface area contributed by atoms with Gasteiger partial charge >= 0.3 is 0 Å². The van der Waals surface area contributed by atoms with Crippen molar-refractivity contribution in [2.24, 2.45) is 7.05 Å². The van der Waals surface area contributed by atoms with Gasteiger partial charge in [0.25, 0.3) is 0 Å². The van der Waals surface area contributed by atoms with Crippen LogP contribution in [0.4, 0.5) is 11.6 Å². The van der Waals surface area contributed by atoms with Crippen LogP contribution in [0.25, 0.3) is 0 Å². The molecule has 1 aliphatic rings. The van der Waals surface area contributed by atoms with Crippen LogP contribution in [0.5, 0.6) is 0 Å². The van der Waals surface area contributed by atoms with Crippen molar-refractivity contribution in [3.8, 4) is 0 Å². The number of nitrogen functional groups attached to an aromatic ring is 1. The van der Waals surface area contributed by atoms with Gasteiger partial charge in [0.1, 0.15) is 23.8 Å². The number of hydrogen-bond acceptors (Lipinski definition) is 5. The second-order valence-electron chi connectivity index (χ2n) is 5.09. The second-order valence-corrected chi connectivity index (χ2v) is 5.09. The molecule has 0 radical (unpaired) electrons. The summed E-state index contributed by atoms with van der Waals surface area (Å²) < 4.78 is 0. The third-order valence-corrected chi connectivity index (χ3v) is 3.81. The van der Waals surface area contributed by atoms with Crippen molar-refractivity contribution in [1.29, 1.82) is 0 Å². The Hall–Kier alpha value is -2.05. The Labute approximate surface area is 125 Å². The van der Waals surface area contributed by atoms with Crippen LogP contribution in [0.2, 0.25) is 0 Å². The zero-order valence-electron chi connectivity index (χ0n) is 13.3. The average Bonchev–Trinajstić information content (AvgIpc) is 2.49. The predicted molar refractivity (Wildman–Crippen MR) is 84.3 cm³/mol. The van der Waals surface area contributed by atoms with E-state index in [2.05, 4.69) is 25.1 Å². The molecule has 0 aliphatic carbocycles. The Kier molecular flexibility index (Phi) is 4.82. The van der Waals surface area contributed by atoms with E-state index in [0.717, 1.165) is 43.1 Å². The van der Waals surface area contributed by atoms with Gasteiger partial charge in [0, 0.05) is 31.6 Å². The third-order valence-electron chi connectivity index (χ3n) is 3.81. The Morgan fingerprint density at radius 2 is 1.86 bits per heavy atom. The lowest BCUT2D eigenvalue weighted by molar-refractivity contribution is 0.405. The molecular formula is C14H25N7. The first-order chi connectivity index (χ1) is 10.1. The van der Waals surface area contributed by atoms with E-state index in [-0.39, 0.29) is 0 Å². The highest BCUT2D eigenvalue weighted by Crippen LogP contribution is 2.29. The van der Waals surface area contributed by atoms with Crippen molar-refractivity contribution in [2.45, 2.75) is 39.5 Å². The second kappa shape index (κ2) is 6.60. The van der Waals surface area contributed by atoms with Crippen molar-refractivity contribution >= 4 is 11.6 Å². The monoisotopic (exact) mass is 291 g/mol. The molecule has 0 bridgehead atoms. The minimum atomic E-state index is 0.534. The normalized spacial score (nSPS) is 15.7. The van der Waals surface area contributed by atoms with Gasteiger partial charge in [0.15, 0.2) is 0 Å². The molecule has 3 N–H and O–H groups in total. The topological polar surface area (TPSA) is 88.7 Å². The zero-order valence-corrected chi connectivity index (χ0v) is 13.3. The van der Waals surface area contributed by atoms with E-state index in [1.807, 2.05) is 27.8 Å². The van der Waals surface area contributed by atoms with Gasteiger partial charge in [-0.05, 0) is 19.8 Å². The van der Waals surface area contributed by atoms with Crippen LogP contribution in [0.15, 0.2) is 6.33 Å². The summed E-state index contributed by atoms with van der Waals surface area (Å²) in [5.41, 5.74) is 6.81. The first-order valence-electron chi connectivity index (χ1n) is 7.56. The number of piperidine rings is 1. The molecule has 0 saturated carbocycles. The molecule has 0 spiro atoms. The molecule has 0 unspecified atom stereocenters. The maximum Gasteiger partial charge on any atom is 0.147 e. The molecule has 0 aromatic carbocycles. The summed E-state index contributed by atoms with van der Waals surface area (Å²) in [6, 6.07) is 0. The quantitative estimate of drug-likeness (QED) is 0.881. The van der Waals surface area contributed by atoms with Crippen molar-refractivity contribution < 1.29 is 0 Å². The first kappa shape index (κ1) is 15.3. The summed E-state index contributed by atoms with van der Waals surface area (Å²) in [5.74, 6) is 3.18. The molecule has 2 aromatic heterocycles. The van der Waals surface area contributed by atoms with Gasteiger partial charge < -0.3 is 10.6 Å². The van der Waals surface area contributed by atoms with Gasteiger partial charge in [-0.15, -0.1) is 5.10 Å². The minimum absolute atomic E-state index is 0.534. The molecule has 2 aromatic rings. The van der Waals surface area contributed by atoms with Crippen molar-refractivity contribution in [3.05, 3.63) is 17.7 Å². The van der Waals surface area contributed by atoms with Gasteiger partial charge in [-0.1, -0.05) is 13.8 Å². The van der Waals surface area contributed by atoms with Crippen LogP contribution in [-0.2, 0) is 7.05 Å². The van der Waals surface area contributed by atoms with E-state index in [4.69, 9.17) is 5.73 Å². The predicted octanol–water partition coefficient (Wildman–Crippen LogP) is 1.84. The molecule has 116 valence electrons. The average molecular weight is 291 g/mol. The number of nitrogens with zero attached hydrogens (tertiary/aromatic N) is 5. The SMILES string of the molecule is CC.Cc1c(N)ncnc1N1CCC(c2nn(C)[nH]2)CC1. The number of anilines is 2. The minimum Gasteiger partial charge on any atom is -0.383 e. The Morgan fingerprint density at radius 3 is 2.43 bits per heavy atom. The Balaban J connectivity index is 0.000000774. The van der Waals surface area contributed by atoms with E-state index in [9.17, 15) is 0 Å². The Bertz CT molecular complexity index is 552. The number of rotatable bonds is 2. The molecule has 0 amide bonds. The third kappa shape index (κ3) is 3.17. The molecule has 1 fully saturated rings. The molecule has 7 heteroatoms. The molecule has 1 saturated heterocycles. The maximum absolute atomic E-state index is 5.84. The van der Waals surface area contributed by atoms with Crippen LogP contribution >= 0.6 is 0 Å². The highest BCUT2D eigenvalue weighted by atomic mass is 15.5. The van der Waals surface area contributed by atoms with E-state index in [0.29, 0.717) is 11.7 Å². The molecular weight excluding hydrogens is 266 g/mol. The number of hydrogen-bond donors (Lipinski definition) is 2. The standard InChI is InChI=1S/C12H19N7.C2H6/c1-8-10(13)14-7-15-12(8)19-5-3-9(4-6-19)11-16-18(2)17-11;1-2/h7,9H,3-6H2,1-2H3,(H,16,17)(H2,13,14,15);1-2H3. The smallest absolute Gasteiger partial charge is 0.147 e. The molecule has 3 heterocycles. The van der Waals surface area contributed by atoms with Gasteiger partial charge in [-0.3, -0.25) is 5.10 Å². The largest absolute Gasteiger partial charge is 0.383 e. The number of aryl methyl sites for hydroxylation is 1. The first-order valence-corrected chi connectivity index (χ1v) is 7.56. The summed E-state index contributed by atoms with van der Waals surface area (Å²) in [5, 5.41) is 7.56. The molecule has 0 atom stereocenters. The number of H-pyrrole nitrogens is 1. The van der Waals surface area contributed by atoms with Crippen LogP contribution in [-0.4, -0.2) is 38.1 Å². The highest BCUT2D eigenvalue weighted by Gasteiger charge is 2.25. The molecule has 1 aliphatic heterocycles. The van der Waals surface area contributed by atoms with Crippen LogP contribution in [0.3, 0.4) is 0 Å². The summed E-state index contributed by atoms with van der Waals surface area (Å²) in [6.07, 6.45) is 3.71. The lowest BCUT2D eigenvalue weighted by atomic mass is 9.96. The fourth-order valence-corrected chi connectivity index (χ4v) is 2.64. The highest BCUT2D eigenvalue weighted by molar-refractivity contribution is 5.55. The van der Waals surface area contributed by atoms with Crippen LogP contribution < -0.4 is 10.6 Å². The fraction of sp³-hybridized carbons (Fsp3) is 0.643. The zero-order chi connectivity index (χ0) is 15.4. The number of nitrogens with one attached hydrogen (secondary N) is 1. The summed E-state index contributed by atoms with van der Waals surface area (Å²) in [4.78, 5) is 12.4. The maximum atomic E-state index is 5.84. The van der Waals surface area contributed by atoms with Crippen molar-refractivity contribution in [1.82, 2.24) is 25.0 Å². The summed E-state index contributed by atoms with van der Waals surface area (Å²) >= 11 is 0. The van der Waals surface area contributed by atoms with E-state index < -0.39 is 0 Å². The fourth-order valence-electron chi connectivity index (χ4n) is 2.64. The number of aromatic amines is 1. The van der Waals surface area contributed by atoms with Crippen molar-refractivity contribution in [2.75, 3.05) is 23.7 Å². The lowest BCUT2D eigenvalue weighted by Gasteiger charge is -2.33. The van der Waals surface area contributed by atoms with Crippen molar-refractivity contribution in [3.63, 3.8) is 0 Å². The molecule has 3 rings (SSSR count). The van der Waals surface area contributed by atoms with E-state index >= 15 is 0 Å². The van der Waals surface area contributed by atoms with Gasteiger partial charge in [-0.25, -0.2) is 14.8 Å². The number of aromatic nitrogens is 5. The Morgan fingerprint density at radius 1 is 1.24 bits per heavy atom. The van der Waals surface area contributed by atoms with Gasteiger partial charge in [0.2, 0.25) is 0 Å². The van der Waals surface area contributed by atoms with Crippen LogP contribution in [0, 0.1) is 6.92 Å². The number of nitrogens with two attached hydrogens (primary N) is 1. The lowest BCUT2D eigenvalue weighted by Crippen LogP contribution is -2.36. The summed E-state index contributed by atoms with van der Waals surface area (Å²) in [7, 11) is 1.91. The summed E-state index contributed by atoms with van der Waals surface area (Å²) in [6.45, 7) is 7.93. The molecule has 7 nitrogen and oxygen atoms in total. The van der Waals surface area contributed by atoms with E-state index in [1.54, 1.807) is 4.80 Å². The van der Waals surface area contributed by atoms with Crippen LogP contribution in [0.1, 0.15) is 44.0 Å². The van der Waals surface area contributed by atoms with Gasteiger partial charge in [-0.2, -0.15) is 0 Å². The molecule has 21 heavy (non-hydrogen) atoms. The van der Waals surface area contributed by atoms with Gasteiger partial charge in [0.05, 0.1) is 0 Å². The van der Waals surface area contributed by atoms with E-state index in [1.165, 1.54) is 6.33 Å².